The number of sulfonamides is 1. The van der Waals surface area contributed by atoms with Crippen molar-refractivity contribution in [3.8, 4) is 0 Å². The average Bonchev–Trinajstić information content (AvgIpc) is 2.82. The highest BCUT2D eigenvalue weighted by Crippen LogP contribution is 2.20. The Bertz CT molecular complexity index is 592. The van der Waals surface area contributed by atoms with Crippen LogP contribution in [-0.4, -0.2) is 26.8 Å². The molecule has 1 atom stereocenters. The second-order valence-corrected chi connectivity index (χ2v) is 7.62. The normalized spacial score (nSPS) is 12.8. The molecule has 0 aromatic carbocycles. The minimum atomic E-state index is -3.84. The summed E-state index contributed by atoms with van der Waals surface area (Å²) in [5.41, 5.74) is 0. The van der Waals surface area contributed by atoms with Gasteiger partial charge in [0.2, 0.25) is 5.91 Å². The van der Waals surface area contributed by atoms with Gasteiger partial charge in [-0.2, -0.15) is 0 Å². The monoisotopic (exact) mass is 318 g/mol. The molecular weight excluding hydrogens is 300 g/mol. The molecule has 0 radical (unpaired) electrons. The van der Waals surface area contributed by atoms with E-state index in [1.165, 1.54) is 6.07 Å². The van der Waals surface area contributed by atoms with Gasteiger partial charge in [0, 0.05) is 10.8 Å². The molecule has 1 heterocycles. The summed E-state index contributed by atoms with van der Waals surface area (Å²) >= 11 is 1.08. The lowest BCUT2D eigenvalue weighted by Crippen LogP contribution is -2.41. The van der Waals surface area contributed by atoms with Gasteiger partial charge in [-0.1, -0.05) is 13.8 Å². The molecule has 1 aromatic rings. The van der Waals surface area contributed by atoms with Gasteiger partial charge >= 0.3 is 0 Å². The Balaban J connectivity index is 2.56. The van der Waals surface area contributed by atoms with Crippen LogP contribution in [0, 0.1) is 12.8 Å². The van der Waals surface area contributed by atoms with Crippen molar-refractivity contribution < 1.29 is 18.0 Å². The first-order valence-electron chi connectivity index (χ1n) is 6.16. The molecule has 0 saturated carbocycles. The molecule has 0 aliphatic rings. The number of hydrogen-bond acceptors (Lipinski definition) is 5. The number of aryl methyl sites for hydroxylation is 1. The van der Waals surface area contributed by atoms with Gasteiger partial charge in [0.25, 0.3) is 15.9 Å². The largest absolute Gasteiger partial charge is 0.347 e. The first kappa shape index (κ1) is 16.6. The molecule has 8 heteroatoms. The second kappa shape index (κ2) is 6.85. The van der Waals surface area contributed by atoms with Gasteiger partial charge in [-0.05, 0) is 25.5 Å². The average molecular weight is 318 g/mol. The molecule has 112 valence electrons. The second-order valence-electron chi connectivity index (χ2n) is 4.42. The summed E-state index contributed by atoms with van der Waals surface area (Å²) in [7, 11) is -3.84. The van der Waals surface area contributed by atoms with Crippen molar-refractivity contribution in [2.24, 2.45) is 5.92 Å². The quantitative estimate of drug-likeness (QED) is 0.819. The lowest BCUT2D eigenvalue weighted by molar-refractivity contribution is -0.127. The highest BCUT2D eigenvalue weighted by Gasteiger charge is 2.20. The number of thiophene rings is 1. The van der Waals surface area contributed by atoms with Crippen molar-refractivity contribution in [1.29, 1.82) is 0 Å². The molecule has 20 heavy (non-hydrogen) atoms. The molecule has 1 rings (SSSR count). The minimum absolute atomic E-state index is 0.0802. The molecule has 0 unspecified atom stereocenters. The third-order valence-corrected chi connectivity index (χ3v) is 5.58. The third kappa shape index (κ3) is 4.61. The van der Waals surface area contributed by atoms with Crippen molar-refractivity contribution in [3.63, 3.8) is 0 Å². The third-order valence-electron chi connectivity index (χ3n) is 2.71. The summed E-state index contributed by atoms with van der Waals surface area (Å²) in [5.74, 6) is -1.24. The van der Waals surface area contributed by atoms with E-state index in [2.05, 4.69) is 5.32 Å². The summed E-state index contributed by atoms with van der Waals surface area (Å²) in [4.78, 5) is 23.9. The Labute approximate surface area is 122 Å². The van der Waals surface area contributed by atoms with E-state index in [1.54, 1.807) is 19.9 Å². The fourth-order valence-electron chi connectivity index (χ4n) is 1.32. The Hall–Kier alpha value is -1.41. The van der Waals surface area contributed by atoms with E-state index in [0.29, 0.717) is 6.42 Å². The maximum atomic E-state index is 11.9. The van der Waals surface area contributed by atoms with Crippen molar-refractivity contribution >= 4 is 33.2 Å². The fraction of sp³-hybridized carbons (Fsp3) is 0.500. The van der Waals surface area contributed by atoms with E-state index in [0.717, 1.165) is 16.2 Å². The van der Waals surface area contributed by atoms with Crippen molar-refractivity contribution in [2.45, 2.75) is 31.4 Å². The summed E-state index contributed by atoms with van der Waals surface area (Å²) in [6.07, 6.45) is 0.653. The van der Waals surface area contributed by atoms with Crippen LogP contribution in [0.3, 0.4) is 0 Å². The van der Waals surface area contributed by atoms with Crippen LogP contribution in [0.5, 0.6) is 0 Å². The van der Waals surface area contributed by atoms with Gasteiger partial charge in [0.1, 0.15) is 4.21 Å². The smallest absolute Gasteiger partial charge is 0.273 e. The summed E-state index contributed by atoms with van der Waals surface area (Å²) < 4.78 is 25.7. The highest BCUT2D eigenvalue weighted by molar-refractivity contribution is 7.92. The Morgan fingerprint density at radius 3 is 2.50 bits per heavy atom. The molecule has 0 fully saturated rings. The van der Waals surface area contributed by atoms with Crippen molar-refractivity contribution in [1.82, 2.24) is 10.0 Å². The van der Waals surface area contributed by atoms with Crippen LogP contribution in [0.4, 0.5) is 0 Å². The Kier molecular flexibility index (Phi) is 5.70. The zero-order chi connectivity index (χ0) is 15.3. The molecule has 0 bridgehead atoms. The molecular formula is C12H18N2O4S2. The van der Waals surface area contributed by atoms with E-state index >= 15 is 0 Å². The first-order chi connectivity index (χ1) is 9.26. The fourth-order valence-corrected chi connectivity index (χ4v) is 3.59. The van der Waals surface area contributed by atoms with Gasteiger partial charge in [0.05, 0.1) is 6.54 Å². The summed E-state index contributed by atoms with van der Waals surface area (Å²) in [6.45, 7) is 5.01. The Morgan fingerprint density at radius 2 is 2.00 bits per heavy atom. The standard InChI is InChI=1S/C12H18N2O4S2/c1-4-8(2)12(16)13-7-10(15)14-20(17,18)11-6-5-9(3)19-11/h5-6,8H,4,7H2,1-3H3,(H,13,16)(H,14,15)/t8-/m0/s1. The number of rotatable bonds is 6. The molecule has 0 aliphatic carbocycles. The van der Waals surface area contributed by atoms with Gasteiger partial charge in [-0.25, -0.2) is 13.1 Å². The molecule has 2 N–H and O–H groups in total. The number of amides is 2. The van der Waals surface area contributed by atoms with Crippen LogP contribution in [0.25, 0.3) is 0 Å². The van der Waals surface area contributed by atoms with E-state index < -0.39 is 15.9 Å². The molecule has 0 spiro atoms. The van der Waals surface area contributed by atoms with Crippen LogP contribution in [0.2, 0.25) is 0 Å². The van der Waals surface area contributed by atoms with E-state index in [1.807, 2.05) is 11.6 Å². The SMILES string of the molecule is CC[C@H](C)C(=O)NCC(=O)NS(=O)(=O)c1ccc(C)s1. The van der Waals surface area contributed by atoms with E-state index in [-0.39, 0.29) is 22.6 Å². The van der Waals surface area contributed by atoms with Gasteiger partial charge in [-0.3, -0.25) is 9.59 Å². The molecule has 6 nitrogen and oxygen atoms in total. The van der Waals surface area contributed by atoms with Crippen LogP contribution in [0.1, 0.15) is 25.1 Å². The highest BCUT2D eigenvalue weighted by atomic mass is 32.2. The number of hydrogen-bond donors (Lipinski definition) is 2. The predicted molar refractivity (Wildman–Crippen MR) is 76.8 cm³/mol. The lowest BCUT2D eigenvalue weighted by Gasteiger charge is -2.10. The molecule has 0 saturated heterocycles. The summed E-state index contributed by atoms with van der Waals surface area (Å²) in [6, 6.07) is 3.10. The van der Waals surface area contributed by atoms with Crippen molar-refractivity contribution in [2.75, 3.05) is 6.54 Å². The van der Waals surface area contributed by atoms with E-state index in [9.17, 15) is 18.0 Å². The maximum Gasteiger partial charge on any atom is 0.273 e. The van der Waals surface area contributed by atoms with Crippen LogP contribution >= 0.6 is 11.3 Å². The lowest BCUT2D eigenvalue weighted by atomic mass is 10.1. The number of nitrogens with one attached hydrogen (secondary N) is 2. The zero-order valence-electron chi connectivity index (χ0n) is 11.6. The minimum Gasteiger partial charge on any atom is -0.347 e. The van der Waals surface area contributed by atoms with Gasteiger partial charge in [0.15, 0.2) is 0 Å². The van der Waals surface area contributed by atoms with E-state index in [4.69, 9.17) is 0 Å². The van der Waals surface area contributed by atoms with Crippen LogP contribution < -0.4 is 10.0 Å². The zero-order valence-corrected chi connectivity index (χ0v) is 13.2. The molecule has 2 amide bonds. The van der Waals surface area contributed by atoms with Gasteiger partial charge in [-0.15, -0.1) is 11.3 Å². The summed E-state index contributed by atoms with van der Waals surface area (Å²) in [5, 5.41) is 2.40. The first-order valence-corrected chi connectivity index (χ1v) is 8.46. The maximum absolute atomic E-state index is 11.9. The number of carbonyl (C=O) groups excluding carboxylic acids is 2. The van der Waals surface area contributed by atoms with Crippen LogP contribution in [0.15, 0.2) is 16.3 Å². The van der Waals surface area contributed by atoms with Gasteiger partial charge < -0.3 is 5.32 Å². The topological polar surface area (TPSA) is 92.3 Å². The molecule has 1 aromatic heterocycles. The van der Waals surface area contributed by atoms with Crippen molar-refractivity contribution in [3.05, 3.63) is 17.0 Å². The molecule has 0 aliphatic heterocycles. The number of carbonyl (C=O) groups is 2. The van der Waals surface area contributed by atoms with Crippen LogP contribution in [-0.2, 0) is 19.6 Å². The predicted octanol–water partition coefficient (Wildman–Crippen LogP) is 1.02. The Morgan fingerprint density at radius 1 is 1.35 bits per heavy atom.